The summed E-state index contributed by atoms with van der Waals surface area (Å²) in [6.07, 6.45) is 7.12. The Morgan fingerprint density at radius 1 is 1.14 bits per heavy atom. The van der Waals surface area contributed by atoms with E-state index in [1.165, 1.54) is 12.8 Å². The summed E-state index contributed by atoms with van der Waals surface area (Å²) < 4.78 is 0. The summed E-state index contributed by atoms with van der Waals surface area (Å²) in [7, 11) is 0. The number of hydrogen-bond acceptors (Lipinski definition) is 7. The minimum Gasteiger partial charge on any atom is -0.394 e. The Labute approximate surface area is 130 Å². The summed E-state index contributed by atoms with van der Waals surface area (Å²) in [6.45, 7) is 1.99. The van der Waals surface area contributed by atoms with Gasteiger partial charge in [-0.3, -0.25) is 0 Å². The normalized spacial score (nSPS) is 32.0. The first-order chi connectivity index (χ1) is 10.8. The van der Waals surface area contributed by atoms with E-state index in [4.69, 9.17) is 10.7 Å². The molecule has 2 bridgehead atoms. The van der Waals surface area contributed by atoms with Crippen LogP contribution >= 0.6 is 0 Å². The number of piperidine rings is 2. The number of anilines is 2. The number of aromatic nitrogens is 3. The average Bonchev–Trinajstić information content (AvgIpc) is 3.16. The van der Waals surface area contributed by atoms with Crippen molar-refractivity contribution in [2.45, 2.75) is 50.2 Å². The van der Waals surface area contributed by atoms with Gasteiger partial charge in [0.25, 0.3) is 0 Å². The summed E-state index contributed by atoms with van der Waals surface area (Å²) in [6, 6.07) is 0.946. The Kier molecular flexibility index (Phi) is 3.62. The molecule has 0 radical (unpaired) electrons. The number of rotatable bonds is 3. The summed E-state index contributed by atoms with van der Waals surface area (Å²) in [5, 5.41) is 9.73. The molecule has 0 amide bonds. The van der Waals surface area contributed by atoms with Crippen molar-refractivity contribution in [3.63, 3.8) is 0 Å². The van der Waals surface area contributed by atoms with Gasteiger partial charge >= 0.3 is 0 Å². The molecular weight excluding hydrogens is 280 g/mol. The maximum absolute atomic E-state index is 9.73. The van der Waals surface area contributed by atoms with E-state index < -0.39 is 0 Å². The van der Waals surface area contributed by atoms with Crippen LogP contribution in [0.2, 0.25) is 0 Å². The van der Waals surface area contributed by atoms with Crippen molar-refractivity contribution in [3.8, 4) is 0 Å². The molecule has 2 saturated heterocycles. The molecule has 120 valence electrons. The molecule has 7 nitrogen and oxygen atoms in total. The Morgan fingerprint density at radius 2 is 1.91 bits per heavy atom. The molecule has 3 fully saturated rings. The van der Waals surface area contributed by atoms with Gasteiger partial charge in [0.1, 0.15) is 6.33 Å². The second-order valence-corrected chi connectivity index (χ2v) is 6.79. The fourth-order valence-electron chi connectivity index (χ4n) is 4.30. The van der Waals surface area contributed by atoms with Crippen molar-refractivity contribution in [1.82, 2.24) is 15.0 Å². The van der Waals surface area contributed by atoms with Crippen molar-refractivity contribution in [3.05, 3.63) is 6.33 Å². The van der Waals surface area contributed by atoms with Gasteiger partial charge in [-0.15, -0.1) is 0 Å². The van der Waals surface area contributed by atoms with Gasteiger partial charge in [-0.2, -0.15) is 4.98 Å². The summed E-state index contributed by atoms with van der Waals surface area (Å²) in [5.41, 5.74) is 5.97. The molecule has 1 saturated carbocycles. The summed E-state index contributed by atoms with van der Waals surface area (Å²) in [5.74, 6) is 2.06. The van der Waals surface area contributed by atoms with Crippen molar-refractivity contribution in [2.75, 3.05) is 29.5 Å². The van der Waals surface area contributed by atoms with Gasteiger partial charge in [0.05, 0.1) is 12.6 Å². The maximum atomic E-state index is 9.73. The Hall–Kier alpha value is -1.47. The van der Waals surface area contributed by atoms with E-state index in [-0.39, 0.29) is 12.6 Å². The first-order valence-corrected chi connectivity index (χ1v) is 8.35. The van der Waals surface area contributed by atoms with Crippen molar-refractivity contribution in [2.24, 2.45) is 11.7 Å². The molecule has 3 N–H and O–H groups in total. The van der Waals surface area contributed by atoms with Gasteiger partial charge in [0.2, 0.25) is 11.9 Å². The van der Waals surface area contributed by atoms with Crippen LogP contribution in [0.5, 0.6) is 0 Å². The quantitative estimate of drug-likeness (QED) is 0.821. The van der Waals surface area contributed by atoms with Crippen LogP contribution in [-0.2, 0) is 0 Å². The predicted octanol–water partition coefficient (Wildman–Crippen LogP) is 0.149. The predicted molar refractivity (Wildman–Crippen MR) is 83.7 cm³/mol. The zero-order valence-corrected chi connectivity index (χ0v) is 12.8. The fraction of sp³-hybridized carbons (Fsp3) is 0.800. The largest absolute Gasteiger partial charge is 0.394 e. The molecule has 1 aliphatic carbocycles. The van der Waals surface area contributed by atoms with Gasteiger partial charge in [-0.1, -0.05) is 0 Å². The molecular formula is C15H24N6O. The lowest BCUT2D eigenvalue weighted by molar-refractivity contribution is 0.227. The van der Waals surface area contributed by atoms with E-state index in [1.54, 1.807) is 6.33 Å². The van der Waals surface area contributed by atoms with Gasteiger partial charge < -0.3 is 20.6 Å². The molecule has 7 heteroatoms. The smallest absolute Gasteiger partial charge is 0.230 e. The second-order valence-electron chi connectivity index (χ2n) is 6.79. The van der Waals surface area contributed by atoms with E-state index in [0.717, 1.165) is 44.2 Å². The SMILES string of the molecule is NC1CCN(c2ncnc(N3C4CCC(C4)C3CO)n2)CC1. The van der Waals surface area contributed by atoms with Gasteiger partial charge in [0.15, 0.2) is 0 Å². The van der Waals surface area contributed by atoms with Crippen LogP contribution in [0, 0.1) is 5.92 Å². The molecule has 0 aromatic carbocycles. The number of hydrogen-bond donors (Lipinski definition) is 2. The fourth-order valence-corrected chi connectivity index (χ4v) is 4.30. The molecule has 1 aromatic heterocycles. The lowest BCUT2D eigenvalue weighted by Gasteiger charge is -2.35. The highest BCUT2D eigenvalue weighted by Crippen LogP contribution is 2.43. The first kappa shape index (κ1) is 14.1. The molecule has 2 aliphatic heterocycles. The molecule has 3 aliphatic rings. The zero-order chi connectivity index (χ0) is 15.1. The third-order valence-electron chi connectivity index (χ3n) is 5.53. The van der Waals surface area contributed by atoms with E-state index >= 15 is 0 Å². The topological polar surface area (TPSA) is 91.4 Å². The number of aliphatic hydroxyl groups excluding tert-OH is 1. The van der Waals surface area contributed by atoms with Gasteiger partial charge in [-0.25, -0.2) is 9.97 Å². The van der Waals surface area contributed by atoms with E-state index in [9.17, 15) is 5.11 Å². The highest BCUT2D eigenvalue weighted by Gasteiger charge is 2.46. The molecule has 1 aromatic rings. The van der Waals surface area contributed by atoms with Crippen LogP contribution in [-0.4, -0.2) is 57.9 Å². The lowest BCUT2D eigenvalue weighted by Crippen LogP contribution is -2.45. The third-order valence-corrected chi connectivity index (χ3v) is 5.53. The zero-order valence-electron chi connectivity index (χ0n) is 12.8. The molecule has 22 heavy (non-hydrogen) atoms. The molecule has 3 atom stereocenters. The van der Waals surface area contributed by atoms with E-state index in [0.29, 0.717) is 18.0 Å². The van der Waals surface area contributed by atoms with Crippen LogP contribution < -0.4 is 15.5 Å². The highest BCUT2D eigenvalue weighted by molar-refractivity contribution is 5.43. The van der Waals surface area contributed by atoms with E-state index in [2.05, 4.69) is 19.8 Å². The van der Waals surface area contributed by atoms with Crippen LogP contribution in [0.25, 0.3) is 0 Å². The molecule has 3 unspecified atom stereocenters. The monoisotopic (exact) mass is 304 g/mol. The summed E-state index contributed by atoms with van der Waals surface area (Å²) >= 11 is 0. The molecule has 4 rings (SSSR count). The minimum atomic E-state index is 0.170. The van der Waals surface area contributed by atoms with Crippen LogP contribution in [0.3, 0.4) is 0 Å². The maximum Gasteiger partial charge on any atom is 0.230 e. The second kappa shape index (κ2) is 5.62. The Bertz CT molecular complexity index is 533. The number of fused-ring (bicyclic) bond motifs is 2. The van der Waals surface area contributed by atoms with Crippen LogP contribution in [0.15, 0.2) is 6.33 Å². The lowest BCUT2D eigenvalue weighted by atomic mass is 10.00. The average molecular weight is 304 g/mol. The molecule has 0 spiro atoms. The first-order valence-electron chi connectivity index (χ1n) is 8.35. The van der Waals surface area contributed by atoms with Crippen LogP contribution in [0.1, 0.15) is 32.1 Å². The molecule has 3 heterocycles. The highest BCUT2D eigenvalue weighted by atomic mass is 16.3. The van der Waals surface area contributed by atoms with Crippen molar-refractivity contribution in [1.29, 1.82) is 0 Å². The van der Waals surface area contributed by atoms with E-state index in [1.807, 2.05) is 0 Å². The van der Waals surface area contributed by atoms with Crippen molar-refractivity contribution >= 4 is 11.9 Å². The van der Waals surface area contributed by atoms with Crippen molar-refractivity contribution < 1.29 is 5.11 Å². The van der Waals surface area contributed by atoms with Gasteiger partial charge in [0, 0.05) is 25.2 Å². The minimum absolute atomic E-state index is 0.170. The number of nitrogens with two attached hydrogens (primary N) is 1. The van der Waals surface area contributed by atoms with Gasteiger partial charge in [-0.05, 0) is 38.0 Å². The van der Waals surface area contributed by atoms with Crippen LogP contribution in [0.4, 0.5) is 11.9 Å². The third kappa shape index (κ3) is 2.32. The summed E-state index contributed by atoms with van der Waals surface area (Å²) in [4.78, 5) is 17.9. The Balaban J connectivity index is 1.57. The number of nitrogens with zero attached hydrogens (tertiary/aromatic N) is 5. The number of aliphatic hydroxyl groups is 1. The standard InChI is InChI=1S/C15H24N6O/c16-11-3-5-20(6-4-11)14-17-9-18-15(19-14)21-12-2-1-10(7-12)13(21)8-22/h9-13,22H,1-8,16H2. The Morgan fingerprint density at radius 3 is 2.68 bits per heavy atom.